The molecule has 0 amide bonds. The number of sulfonamides is 1. The van der Waals surface area contributed by atoms with E-state index in [9.17, 15) is 26.4 Å². The van der Waals surface area contributed by atoms with Gasteiger partial charge >= 0.3 is 6.18 Å². The fraction of sp³-hybridized carbons (Fsp3) is 0.192. The maximum Gasteiger partial charge on any atom is 0.417 e. The molecule has 11 heteroatoms. The Morgan fingerprint density at radius 1 is 0.838 bits per heavy atom. The molecular weight excluding hydrogens is 509 g/mol. The van der Waals surface area contributed by atoms with E-state index in [1.807, 2.05) is 0 Å². The number of rotatable bonds is 8. The number of fused-ring (bicyclic) bond motifs is 1. The third kappa shape index (κ3) is 6.12. The van der Waals surface area contributed by atoms with Crippen LogP contribution in [0.4, 0.5) is 13.2 Å². The summed E-state index contributed by atoms with van der Waals surface area (Å²) in [6, 6.07) is 16.1. The summed E-state index contributed by atoms with van der Waals surface area (Å²) >= 11 is 0. The Labute approximate surface area is 210 Å². The van der Waals surface area contributed by atoms with Crippen molar-refractivity contribution in [2.45, 2.75) is 24.0 Å². The van der Waals surface area contributed by atoms with Gasteiger partial charge in [0, 0.05) is 29.6 Å². The predicted octanol–water partition coefficient (Wildman–Crippen LogP) is 4.63. The van der Waals surface area contributed by atoms with Gasteiger partial charge in [0.05, 0.1) is 24.7 Å². The van der Waals surface area contributed by atoms with E-state index in [1.54, 1.807) is 36.4 Å². The second kappa shape index (κ2) is 10.3. The molecule has 0 saturated heterocycles. The summed E-state index contributed by atoms with van der Waals surface area (Å²) in [4.78, 5) is 14.1. The fourth-order valence-electron chi connectivity index (χ4n) is 3.90. The van der Waals surface area contributed by atoms with E-state index in [2.05, 4.69) is 9.71 Å². The van der Waals surface area contributed by atoms with Gasteiger partial charge in [-0.15, -0.1) is 0 Å². The highest BCUT2D eigenvalue weighted by Crippen LogP contribution is 2.34. The zero-order chi connectivity index (χ0) is 26.8. The molecule has 37 heavy (non-hydrogen) atoms. The molecule has 0 radical (unpaired) electrons. The molecule has 4 rings (SSSR count). The standard InChI is InChI=1S/C26H23F3N2O5S/c1-35-19-10-18(11-20(13-19)36-2)15-30-37(33,34)21-6-3-16(4-7-21)9-17-5-8-24-22(12-17)23(26(27,28)29)14-25(32)31-24/h3-8,10-14,30H,9,15H2,1-2H3,(H,31,32). The van der Waals surface area contributed by atoms with Gasteiger partial charge in [-0.2, -0.15) is 13.2 Å². The van der Waals surface area contributed by atoms with Crippen LogP contribution in [0, 0.1) is 0 Å². The molecule has 0 atom stereocenters. The van der Waals surface area contributed by atoms with Crippen molar-refractivity contribution in [3.8, 4) is 11.5 Å². The summed E-state index contributed by atoms with van der Waals surface area (Å²) in [5.41, 5.74) is 0.175. The minimum Gasteiger partial charge on any atom is -0.497 e. The van der Waals surface area contributed by atoms with Crippen LogP contribution in [0.3, 0.4) is 0 Å². The first kappa shape index (κ1) is 26.2. The number of aromatic nitrogens is 1. The number of benzene rings is 3. The largest absolute Gasteiger partial charge is 0.497 e. The number of hydrogen-bond acceptors (Lipinski definition) is 5. The number of aromatic amines is 1. The Balaban J connectivity index is 1.51. The average Bonchev–Trinajstić information content (AvgIpc) is 2.86. The van der Waals surface area contributed by atoms with E-state index < -0.39 is 27.3 Å². The number of nitrogens with one attached hydrogen (secondary N) is 2. The van der Waals surface area contributed by atoms with Crippen molar-refractivity contribution in [3.05, 3.63) is 99.3 Å². The molecule has 0 unspecified atom stereocenters. The Bertz CT molecular complexity index is 1580. The van der Waals surface area contributed by atoms with E-state index >= 15 is 0 Å². The second-order valence-electron chi connectivity index (χ2n) is 8.29. The van der Waals surface area contributed by atoms with Crippen LogP contribution in [-0.4, -0.2) is 27.6 Å². The lowest BCUT2D eigenvalue weighted by Gasteiger charge is -2.12. The Morgan fingerprint density at radius 2 is 1.46 bits per heavy atom. The number of ether oxygens (including phenoxy) is 2. The molecule has 7 nitrogen and oxygen atoms in total. The van der Waals surface area contributed by atoms with Crippen LogP contribution in [0.1, 0.15) is 22.3 Å². The molecule has 194 valence electrons. The van der Waals surface area contributed by atoms with Crippen LogP contribution in [0.15, 0.2) is 76.4 Å². The van der Waals surface area contributed by atoms with E-state index in [1.165, 1.54) is 38.5 Å². The molecule has 0 fully saturated rings. The van der Waals surface area contributed by atoms with Gasteiger partial charge in [0.15, 0.2) is 0 Å². The summed E-state index contributed by atoms with van der Waals surface area (Å²) in [5.74, 6) is 1.06. The Kier molecular flexibility index (Phi) is 7.28. The van der Waals surface area contributed by atoms with Gasteiger partial charge in [-0.25, -0.2) is 13.1 Å². The van der Waals surface area contributed by atoms with Gasteiger partial charge in [0.1, 0.15) is 11.5 Å². The Hall–Kier alpha value is -3.83. The van der Waals surface area contributed by atoms with Crippen molar-refractivity contribution < 1.29 is 31.1 Å². The maximum atomic E-state index is 13.4. The number of pyridine rings is 1. The van der Waals surface area contributed by atoms with Gasteiger partial charge in [0.25, 0.3) is 0 Å². The number of halogens is 3. The SMILES string of the molecule is COc1cc(CNS(=O)(=O)c2ccc(Cc3ccc4[nH]c(=O)cc(C(F)(F)F)c4c3)cc2)cc(OC)c1. The van der Waals surface area contributed by atoms with Crippen LogP contribution < -0.4 is 19.8 Å². The Morgan fingerprint density at radius 3 is 2.05 bits per heavy atom. The molecule has 0 aliphatic heterocycles. The molecule has 4 aromatic rings. The number of methoxy groups -OCH3 is 2. The molecule has 3 aromatic carbocycles. The highest BCUT2D eigenvalue weighted by molar-refractivity contribution is 7.89. The van der Waals surface area contributed by atoms with Crippen LogP contribution in [-0.2, 0) is 29.2 Å². The lowest BCUT2D eigenvalue weighted by atomic mass is 10.0. The molecule has 0 aliphatic carbocycles. The quantitative estimate of drug-likeness (QED) is 0.345. The van der Waals surface area contributed by atoms with Gasteiger partial charge in [-0.3, -0.25) is 4.79 Å². The predicted molar refractivity (Wildman–Crippen MR) is 132 cm³/mol. The summed E-state index contributed by atoms with van der Waals surface area (Å²) < 4.78 is 78.8. The lowest BCUT2D eigenvalue weighted by Crippen LogP contribution is -2.23. The first-order valence-corrected chi connectivity index (χ1v) is 12.5. The van der Waals surface area contributed by atoms with E-state index in [4.69, 9.17) is 9.47 Å². The second-order valence-corrected chi connectivity index (χ2v) is 10.1. The van der Waals surface area contributed by atoms with Gasteiger partial charge in [-0.05, 0) is 59.5 Å². The van der Waals surface area contributed by atoms with E-state index in [0.29, 0.717) is 34.3 Å². The zero-order valence-corrected chi connectivity index (χ0v) is 20.7. The van der Waals surface area contributed by atoms with E-state index in [0.717, 1.165) is 0 Å². The monoisotopic (exact) mass is 532 g/mol. The molecule has 1 aromatic heterocycles. The van der Waals surface area contributed by atoms with Crippen molar-refractivity contribution in [3.63, 3.8) is 0 Å². The normalized spacial score (nSPS) is 12.0. The van der Waals surface area contributed by atoms with Crippen LogP contribution in [0.2, 0.25) is 0 Å². The molecule has 0 bridgehead atoms. The van der Waals surface area contributed by atoms with Crippen molar-refractivity contribution in [1.29, 1.82) is 0 Å². The molecule has 0 saturated carbocycles. The van der Waals surface area contributed by atoms with Gasteiger partial charge in [-0.1, -0.05) is 18.2 Å². The third-order valence-corrected chi connectivity index (χ3v) is 7.15. The van der Waals surface area contributed by atoms with Crippen LogP contribution in [0.25, 0.3) is 10.9 Å². The highest BCUT2D eigenvalue weighted by Gasteiger charge is 2.33. The average molecular weight is 533 g/mol. The van der Waals surface area contributed by atoms with Gasteiger partial charge < -0.3 is 14.5 Å². The topological polar surface area (TPSA) is 97.5 Å². The summed E-state index contributed by atoms with van der Waals surface area (Å²) in [6.45, 7) is 0.0123. The van der Waals surface area contributed by atoms with Crippen LogP contribution >= 0.6 is 0 Å². The fourth-order valence-corrected chi connectivity index (χ4v) is 4.92. The first-order chi connectivity index (χ1) is 17.5. The number of H-pyrrole nitrogens is 1. The van der Waals surface area contributed by atoms with E-state index in [-0.39, 0.29) is 28.8 Å². The lowest BCUT2D eigenvalue weighted by molar-refractivity contribution is -0.136. The molecular formula is C26H23F3N2O5S. The molecule has 1 heterocycles. The molecule has 0 spiro atoms. The summed E-state index contributed by atoms with van der Waals surface area (Å²) in [7, 11) is -0.836. The van der Waals surface area contributed by atoms with Crippen molar-refractivity contribution in [2.24, 2.45) is 0 Å². The number of hydrogen-bond donors (Lipinski definition) is 2. The van der Waals surface area contributed by atoms with Crippen LogP contribution in [0.5, 0.6) is 11.5 Å². The van der Waals surface area contributed by atoms with Crippen molar-refractivity contribution >= 4 is 20.9 Å². The smallest absolute Gasteiger partial charge is 0.417 e. The molecule has 2 N–H and O–H groups in total. The minimum atomic E-state index is -4.68. The summed E-state index contributed by atoms with van der Waals surface area (Å²) in [6.07, 6.45) is -4.41. The van der Waals surface area contributed by atoms with Crippen molar-refractivity contribution in [1.82, 2.24) is 9.71 Å². The van der Waals surface area contributed by atoms with Crippen molar-refractivity contribution in [2.75, 3.05) is 14.2 Å². The highest BCUT2D eigenvalue weighted by atomic mass is 32.2. The zero-order valence-electron chi connectivity index (χ0n) is 19.8. The third-order valence-electron chi connectivity index (χ3n) is 5.73. The minimum absolute atomic E-state index is 0.0123. The number of alkyl halides is 3. The first-order valence-electron chi connectivity index (χ1n) is 11.0. The summed E-state index contributed by atoms with van der Waals surface area (Å²) in [5, 5.41) is -0.109. The maximum absolute atomic E-state index is 13.4. The van der Waals surface area contributed by atoms with Gasteiger partial charge in [0.2, 0.25) is 15.6 Å². The molecule has 0 aliphatic rings.